The van der Waals surface area contributed by atoms with Crippen molar-refractivity contribution < 1.29 is 19.7 Å². The number of benzene rings is 2. The lowest BCUT2D eigenvalue weighted by atomic mass is 10.2. The molecule has 0 aliphatic heterocycles. The van der Waals surface area contributed by atoms with Crippen LogP contribution in [0.5, 0.6) is 11.5 Å². The van der Waals surface area contributed by atoms with Crippen LogP contribution < -0.4 is 10.1 Å². The van der Waals surface area contributed by atoms with Gasteiger partial charge in [-0.1, -0.05) is 12.1 Å². The van der Waals surface area contributed by atoms with Crippen LogP contribution in [0.15, 0.2) is 48.5 Å². The van der Waals surface area contributed by atoms with E-state index in [2.05, 4.69) is 5.32 Å². The normalized spacial score (nSPS) is 10.4. The van der Waals surface area contributed by atoms with E-state index >= 15 is 0 Å². The Morgan fingerprint density at radius 2 is 1.80 bits per heavy atom. The maximum Gasteiger partial charge on any atom is 0.221 e. The summed E-state index contributed by atoms with van der Waals surface area (Å²) in [6.07, 6.45) is -1.53. The highest BCUT2D eigenvalue weighted by Crippen LogP contribution is 2.25. The lowest BCUT2D eigenvalue weighted by molar-refractivity contribution is -0.114. The second-order valence-electron chi connectivity index (χ2n) is 4.25. The quantitative estimate of drug-likeness (QED) is 0.747. The molecular weight excluding hydrogens is 258 g/mol. The highest BCUT2D eigenvalue weighted by molar-refractivity contribution is 5.88. The van der Waals surface area contributed by atoms with Crippen molar-refractivity contribution in [2.75, 3.05) is 5.32 Å². The van der Waals surface area contributed by atoms with Crippen LogP contribution in [-0.4, -0.2) is 16.1 Å². The van der Waals surface area contributed by atoms with Gasteiger partial charge in [-0.15, -0.1) is 0 Å². The number of rotatable bonds is 4. The smallest absolute Gasteiger partial charge is 0.221 e. The van der Waals surface area contributed by atoms with Gasteiger partial charge in [0.2, 0.25) is 5.91 Å². The first-order valence-corrected chi connectivity index (χ1v) is 6.06. The van der Waals surface area contributed by atoms with E-state index in [-0.39, 0.29) is 5.91 Å². The van der Waals surface area contributed by atoms with Gasteiger partial charge in [-0.3, -0.25) is 4.79 Å². The van der Waals surface area contributed by atoms with Gasteiger partial charge in [0, 0.05) is 18.2 Å². The average molecular weight is 273 g/mol. The zero-order chi connectivity index (χ0) is 14.5. The molecular formula is C15H15NO4. The Morgan fingerprint density at radius 1 is 1.10 bits per heavy atom. The summed E-state index contributed by atoms with van der Waals surface area (Å²) in [5, 5.41) is 20.8. The molecule has 0 fully saturated rings. The number of aliphatic hydroxyl groups excluding tert-OH is 1. The van der Waals surface area contributed by atoms with Crippen molar-refractivity contribution in [3.63, 3.8) is 0 Å². The van der Waals surface area contributed by atoms with Gasteiger partial charge in [0.05, 0.1) is 0 Å². The predicted molar refractivity (Wildman–Crippen MR) is 74.4 cm³/mol. The van der Waals surface area contributed by atoms with E-state index in [1.54, 1.807) is 48.5 Å². The lowest BCUT2D eigenvalue weighted by Gasteiger charge is -2.09. The van der Waals surface area contributed by atoms with E-state index in [0.29, 0.717) is 22.7 Å². The molecule has 0 aromatic heterocycles. The summed E-state index contributed by atoms with van der Waals surface area (Å²) < 4.78 is 5.59. The molecule has 0 bridgehead atoms. The standard InChI is InChI=1S/C15H15NO4/c1-10(17)16-12-5-7-13(8-6-12)20-14-4-2-3-11(9-14)15(18)19/h2-9,15,18-19H,1H3,(H,16,17). The van der Waals surface area contributed by atoms with Gasteiger partial charge in [0.15, 0.2) is 6.29 Å². The summed E-state index contributed by atoms with van der Waals surface area (Å²) in [5.41, 5.74) is 1.04. The third kappa shape index (κ3) is 3.81. The molecule has 0 radical (unpaired) electrons. The van der Waals surface area contributed by atoms with Crippen molar-refractivity contribution in [3.8, 4) is 11.5 Å². The first kappa shape index (κ1) is 14.0. The Labute approximate surface area is 116 Å². The largest absolute Gasteiger partial charge is 0.457 e. The number of anilines is 1. The minimum absolute atomic E-state index is 0.136. The fraction of sp³-hybridized carbons (Fsp3) is 0.133. The van der Waals surface area contributed by atoms with E-state index in [4.69, 9.17) is 14.9 Å². The first-order chi connectivity index (χ1) is 9.54. The van der Waals surface area contributed by atoms with Crippen LogP contribution in [0.2, 0.25) is 0 Å². The molecule has 2 aromatic rings. The maximum absolute atomic E-state index is 10.9. The maximum atomic E-state index is 10.9. The van der Waals surface area contributed by atoms with E-state index in [0.717, 1.165) is 0 Å². The molecule has 0 saturated heterocycles. The summed E-state index contributed by atoms with van der Waals surface area (Å²) in [6, 6.07) is 13.4. The molecule has 2 aromatic carbocycles. The van der Waals surface area contributed by atoms with Crippen LogP contribution in [-0.2, 0) is 4.79 Å². The van der Waals surface area contributed by atoms with Crippen LogP contribution in [0.1, 0.15) is 18.8 Å². The van der Waals surface area contributed by atoms with Gasteiger partial charge in [-0.2, -0.15) is 0 Å². The van der Waals surface area contributed by atoms with Gasteiger partial charge in [0.25, 0.3) is 0 Å². The molecule has 2 rings (SSSR count). The number of carbonyl (C=O) groups is 1. The van der Waals surface area contributed by atoms with Gasteiger partial charge in [-0.05, 0) is 36.4 Å². The summed E-state index contributed by atoms with van der Waals surface area (Å²) >= 11 is 0. The van der Waals surface area contributed by atoms with Crippen molar-refractivity contribution in [1.29, 1.82) is 0 Å². The minimum atomic E-state index is -1.53. The second kappa shape index (κ2) is 6.18. The summed E-state index contributed by atoms with van der Waals surface area (Å²) in [7, 11) is 0. The number of hydrogen-bond acceptors (Lipinski definition) is 4. The van der Waals surface area contributed by atoms with Crippen LogP contribution in [0.4, 0.5) is 5.69 Å². The third-order valence-corrected chi connectivity index (χ3v) is 2.57. The van der Waals surface area contributed by atoms with Crippen molar-refractivity contribution >= 4 is 11.6 Å². The minimum Gasteiger partial charge on any atom is -0.457 e. The van der Waals surface area contributed by atoms with Gasteiger partial charge < -0.3 is 20.3 Å². The van der Waals surface area contributed by atoms with Crippen molar-refractivity contribution in [2.24, 2.45) is 0 Å². The highest BCUT2D eigenvalue weighted by atomic mass is 16.5. The van der Waals surface area contributed by atoms with Gasteiger partial charge in [0.1, 0.15) is 11.5 Å². The molecule has 0 spiro atoms. The number of carbonyl (C=O) groups excluding carboxylic acids is 1. The molecule has 0 heterocycles. The number of nitrogens with one attached hydrogen (secondary N) is 1. The molecule has 1 amide bonds. The Morgan fingerprint density at radius 3 is 2.40 bits per heavy atom. The fourth-order valence-electron chi connectivity index (χ4n) is 1.68. The molecule has 0 atom stereocenters. The average Bonchev–Trinajstić information content (AvgIpc) is 2.41. The van der Waals surface area contributed by atoms with Crippen LogP contribution in [0.3, 0.4) is 0 Å². The molecule has 5 nitrogen and oxygen atoms in total. The molecule has 3 N–H and O–H groups in total. The van der Waals surface area contributed by atoms with Gasteiger partial charge in [-0.25, -0.2) is 0 Å². The monoisotopic (exact) mass is 273 g/mol. The van der Waals surface area contributed by atoms with E-state index in [1.807, 2.05) is 0 Å². The molecule has 104 valence electrons. The number of hydrogen-bond donors (Lipinski definition) is 3. The van der Waals surface area contributed by atoms with Crippen LogP contribution in [0, 0.1) is 0 Å². The summed E-state index contributed by atoms with van der Waals surface area (Å²) in [5.74, 6) is 0.954. The molecule has 0 aliphatic carbocycles. The van der Waals surface area contributed by atoms with Crippen LogP contribution in [0.25, 0.3) is 0 Å². The first-order valence-electron chi connectivity index (χ1n) is 6.06. The SMILES string of the molecule is CC(=O)Nc1ccc(Oc2cccc(C(O)O)c2)cc1. The topological polar surface area (TPSA) is 78.8 Å². The van der Waals surface area contributed by atoms with Crippen molar-refractivity contribution in [1.82, 2.24) is 0 Å². The summed E-state index contributed by atoms with van der Waals surface area (Å²) in [6.45, 7) is 1.44. The number of aliphatic hydroxyl groups is 2. The molecule has 0 aliphatic rings. The fourth-order valence-corrected chi connectivity index (χ4v) is 1.68. The predicted octanol–water partition coefficient (Wildman–Crippen LogP) is 2.42. The van der Waals surface area contributed by atoms with Gasteiger partial charge >= 0.3 is 0 Å². The highest BCUT2D eigenvalue weighted by Gasteiger charge is 2.04. The Bertz CT molecular complexity index is 593. The molecule has 0 unspecified atom stereocenters. The molecule has 5 heteroatoms. The van der Waals surface area contributed by atoms with Crippen LogP contribution >= 0.6 is 0 Å². The Hall–Kier alpha value is -2.37. The lowest BCUT2D eigenvalue weighted by Crippen LogP contribution is -2.05. The van der Waals surface area contributed by atoms with Crippen molar-refractivity contribution in [2.45, 2.75) is 13.2 Å². The Balaban J connectivity index is 2.10. The van der Waals surface area contributed by atoms with Crippen molar-refractivity contribution in [3.05, 3.63) is 54.1 Å². The Kier molecular flexibility index (Phi) is 4.34. The summed E-state index contributed by atoms with van der Waals surface area (Å²) in [4.78, 5) is 10.9. The second-order valence-corrected chi connectivity index (χ2v) is 4.25. The molecule has 0 saturated carbocycles. The van der Waals surface area contributed by atoms with E-state index < -0.39 is 6.29 Å². The third-order valence-electron chi connectivity index (χ3n) is 2.57. The zero-order valence-corrected chi connectivity index (χ0v) is 10.9. The zero-order valence-electron chi connectivity index (χ0n) is 10.9. The molecule has 20 heavy (non-hydrogen) atoms. The number of ether oxygens (including phenoxy) is 1. The van der Waals surface area contributed by atoms with E-state index in [1.165, 1.54) is 6.92 Å². The van der Waals surface area contributed by atoms with E-state index in [9.17, 15) is 4.79 Å². The number of amides is 1.